The first kappa shape index (κ1) is 16.5. The Balaban J connectivity index is 3.02. The van der Waals surface area contributed by atoms with Crippen LogP contribution >= 0.6 is 11.6 Å². The third kappa shape index (κ3) is 4.47. The van der Waals surface area contributed by atoms with Crippen LogP contribution in [0, 0.1) is 11.2 Å². The van der Waals surface area contributed by atoms with Gasteiger partial charge in [-0.25, -0.2) is 4.39 Å². The molecule has 0 unspecified atom stereocenters. The summed E-state index contributed by atoms with van der Waals surface area (Å²) in [6, 6.07) is 3.67. The number of rotatable bonds is 4. The summed E-state index contributed by atoms with van der Waals surface area (Å²) in [5, 5.41) is 0.216. The lowest BCUT2D eigenvalue weighted by Gasteiger charge is -2.24. The first-order valence-electron chi connectivity index (χ1n) is 6.75. The molecule has 0 heterocycles. The number of hydrogen-bond acceptors (Lipinski definition) is 1. The van der Waals surface area contributed by atoms with E-state index in [1.165, 1.54) is 0 Å². The molecule has 0 amide bonds. The molecular weight excluding hydrogens is 261 g/mol. The summed E-state index contributed by atoms with van der Waals surface area (Å²) in [4.78, 5) is 0. The fourth-order valence-corrected chi connectivity index (χ4v) is 2.16. The minimum absolute atomic E-state index is 0.1000. The molecule has 1 nitrogen and oxygen atoms in total. The molecule has 2 N–H and O–H groups in total. The Hall–Kier alpha value is -0.600. The summed E-state index contributed by atoms with van der Waals surface area (Å²) in [7, 11) is 0. The van der Waals surface area contributed by atoms with Gasteiger partial charge in [0, 0.05) is 0 Å². The standard InChI is InChI=1S/C16H25ClFN/c1-15(2,3)12-8-11(9-13(17)14(12)18)6-7-16(4,5)10-19/h8-9H,6-7,10,19H2,1-5H3. The van der Waals surface area contributed by atoms with Gasteiger partial charge in [-0.1, -0.05) is 52.3 Å². The molecule has 108 valence electrons. The Morgan fingerprint density at radius 2 is 1.74 bits per heavy atom. The van der Waals surface area contributed by atoms with E-state index < -0.39 is 0 Å². The van der Waals surface area contributed by atoms with Crippen molar-refractivity contribution >= 4 is 11.6 Å². The molecule has 0 aliphatic heterocycles. The summed E-state index contributed by atoms with van der Waals surface area (Å²) < 4.78 is 14.1. The molecule has 19 heavy (non-hydrogen) atoms. The SMILES string of the molecule is CC(C)(CN)CCc1cc(Cl)c(F)c(C(C)(C)C)c1. The molecule has 0 aromatic heterocycles. The average Bonchev–Trinajstić information content (AvgIpc) is 2.29. The Labute approximate surface area is 121 Å². The van der Waals surface area contributed by atoms with Crippen LogP contribution < -0.4 is 5.73 Å². The highest BCUT2D eigenvalue weighted by Crippen LogP contribution is 2.32. The maximum atomic E-state index is 14.1. The minimum Gasteiger partial charge on any atom is -0.330 e. The van der Waals surface area contributed by atoms with Crippen molar-refractivity contribution in [3.8, 4) is 0 Å². The Morgan fingerprint density at radius 1 is 1.16 bits per heavy atom. The smallest absolute Gasteiger partial charge is 0.145 e. The van der Waals surface area contributed by atoms with Crippen molar-refractivity contribution in [2.45, 2.75) is 52.9 Å². The van der Waals surface area contributed by atoms with E-state index in [2.05, 4.69) is 13.8 Å². The van der Waals surface area contributed by atoms with Crippen molar-refractivity contribution in [2.24, 2.45) is 11.1 Å². The molecule has 0 fully saturated rings. The predicted molar refractivity (Wildman–Crippen MR) is 81.3 cm³/mol. The third-order valence-corrected chi connectivity index (χ3v) is 3.81. The summed E-state index contributed by atoms with van der Waals surface area (Å²) in [5.74, 6) is -0.295. The largest absolute Gasteiger partial charge is 0.330 e. The zero-order chi connectivity index (χ0) is 14.8. The normalized spacial score (nSPS) is 12.8. The van der Waals surface area contributed by atoms with Gasteiger partial charge in [-0.15, -0.1) is 0 Å². The van der Waals surface area contributed by atoms with E-state index in [1.807, 2.05) is 26.8 Å². The number of aryl methyl sites for hydroxylation is 1. The second-order valence-electron chi connectivity index (χ2n) is 7.06. The molecule has 0 spiro atoms. The van der Waals surface area contributed by atoms with Crippen LogP contribution in [0.5, 0.6) is 0 Å². The molecular formula is C16H25ClFN. The lowest BCUT2D eigenvalue weighted by Crippen LogP contribution is -2.24. The van der Waals surface area contributed by atoms with E-state index in [0.717, 1.165) is 18.4 Å². The fraction of sp³-hybridized carbons (Fsp3) is 0.625. The van der Waals surface area contributed by atoms with Gasteiger partial charge in [0.05, 0.1) is 5.02 Å². The monoisotopic (exact) mass is 285 g/mol. The molecule has 0 aliphatic carbocycles. The molecule has 1 rings (SSSR count). The number of benzene rings is 1. The number of nitrogens with two attached hydrogens (primary N) is 1. The van der Waals surface area contributed by atoms with Gasteiger partial charge in [0.1, 0.15) is 5.82 Å². The molecule has 0 saturated carbocycles. The van der Waals surface area contributed by atoms with Crippen LogP contribution in [0.1, 0.15) is 52.2 Å². The summed E-state index contributed by atoms with van der Waals surface area (Å²) >= 11 is 6.01. The second kappa shape index (κ2) is 5.80. The van der Waals surface area contributed by atoms with Crippen molar-refractivity contribution in [2.75, 3.05) is 6.54 Å². The first-order chi connectivity index (χ1) is 8.57. The van der Waals surface area contributed by atoms with Crippen molar-refractivity contribution in [3.63, 3.8) is 0 Å². The highest BCUT2D eigenvalue weighted by atomic mass is 35.5. The van der Waals surface area contributed by atoms with E-state index in [4.69, 9.17) is 17.3 Å². The maximum Gasteiger partial charge on any atom is 0.145 e. The first-order valence-corrected chi connectivity index (χ1v) is 7.13. The van der Waals surface area contributed by atoms with Crippen molar-refractivity contribution < 1.29 is 4.39 Å². The topological polar surface area (TPSA) is 26.0 Å². The molecule has 0 radical (unpaired) electrons. The van der Waals surface area contributed by atoms with Gasteiger partial charge in [0.2, 0.25) is 0 Å². The van der Waals surface area contributed by atoms with Crippen LogP contribution in [0.15, 0.2) is 12.1 Å². The Morgan fingerprint density at radius 3 is 2.21 bits per heavy atom. The highest BCUT2D eigenvalue weighted by Gasteiger charge is 2.22. The van der Waals surface area contributed by atoms with Gasteiger partial charge >= 0.3 is 0 Å². The summed E-state index contributed by atoms with van der Waals surface area (Å²) in [5.41, 5.74) is 7.36. The van der Waals surface area contributed by atoms with Crippen molar-refractivity contribution in [3.05, 3.63) is 34.1 Å². The van der Waals surface area contributed by atoms with Crippen LogP contribution in [0.3, 0.4) is 0 Å². The fourth-order valence-electron chi connectivity index (χ4n) is 1.92. The lowest BCUT2D eigenvalue weighted by molar-refractivity contribution is 0.347. The average molecular weight is 286 g/mol. The Kier molecular flexibility index (Phi) is 5.02. The predicted octanol–water partition coefficient (Wildman–Crippen LogP) is 4.69. The molecule has 0 aliphatic rings. The molecule has 0 atom stereocenters. The molecule has 1 aromatic carbocycles. The van der Waals surface area contributed by atoms with Crippen molar-refractivity contribution in [1.82, 2.24) is 0 Å². The van der Waals surface area contributed by atoms with Crippen LogP contribution in [0.25, 0.3) is 0 Å². The molecule has 0 saturated heterocycles. The zero-order valence-corrected chi connectivity index (χ0v) is 13.4. The van der Waals surface area contributed by atoms with Gasteiger partial charge in [-0.3, -0.25) is 0 Å². The van der Waals surface area contributed by atoms with E-state index in [0.29, 0.717) is 12.1 Å². The van der Waals surface area contributed by atoms with Gasteiger partial charge in [-0.2, -0.15) is 0 Å². The third-order valence-electron chi connectivity index (χ3n) is 3.54. The molecule has 0 bridgehead atoms. The van der Waals surface area contributed by atoms with Crippen LogP contribution in [-0.4, -0.2) is 6.54 Å². The van der Waals surface area contributed by atoms with E-state index in [-0.39, 0.29) is 21.7 Å². The van der Waals surface area contributed by atoms with Crippen LogP contribution in [-0.2, 0) is 11.8 Å². The van der Waals surface area contributed by atoms with Crippen LogP contribution in [0.2, 0.25) is 5.02 Å². The van der Waals surface area contributed by atoms with Crippen LogP contribution in [0.4, 0.5) is 4.39 Å². The second-order valence-corrected chi connectivity index (χ2v) is 7.46. The van der Waals surface area contributed by atoms with Gasteiger partial charge in [0.25, 0.3) is 0 Å². The van der Waals surface area contributed by atoms with E-state index >= 15 is 0 Å². The van der Waals surface area contributed by atoms with Gasteiger partial charge in [-0.05, 0) is 47.4 Å². The quantitative estimate of drug-likeness (QED) is 0.853. The molecule has 3 heteroatoms. The zero-order valence-electron chi connectivity index (χ0n) is 12.6. The molecule has 1 aromatic rings. The number of hydrogen-bond donors (Lipinski definition) is 1. The van der Waals surface area contributed by atoms with Gasteiger partial charge < -0.3 is 5.73 Å². The number of halogens is 2. The van der Waals surface area contributed by atoms with Crippen molar-refractivity contribution in [1.29, 1.82) is 0 Å². The lowest BCUT2D eigenvalue weighted by atomic mass is 9.83. The highest BCUT2D eigenvalue weighted by molar-refractivity contribution is 6.30. The summed E-state index contributed by atoms with van der Waals surface area (Å²) in [6.07, 6.45) is 1.84. The minimum atomic E-state index is -0.295. The summed E-state index contributed by atoms with van der Waals surface area (Å²) in [6.45, 7) is 10.9. The Bertz CT molecular complexity index is 447. The maximum absolute atomic E-state index is 14.1. The van der Waals surface area contributed by atoms with Gasteiger partial charge in [0.15, 0.2) is 0 Å². The van der Waals surface area contributed by atoms with E-state index in [9.17, 15) is 4.39 Å². The van der Waals surface area contributed by atoms with E-state index in [1.54, 1.807) is 6.07 Å².